The molecule has 0 radical (unpaired) electrons. The Kier molecular flexibility index (Phi) is 4.70. The van der Waals surface area contributed by atoms with Crippen molar-refractivity contribution in [1.29, 1.82) is 0 Å². The summed E-state index contributed by atoms with van der Waals surface area (Å²) in [7, 11) is 0. The van der Waals surface area contributed by atoms with Gasteiger partial charge in [-0.15, -0.1) is 5.10 Å². The highest BCUT2D eigenvalue weighted by Crippen LogP contribution is 2.31. The summed E-state index contributed by atoms with van der Waals surface area (Å²) in [6, 6.07) is 6.52. The van der Waals surface area contributed by atoms with Crippen LogP contribution in [0.1, 0.15) is 73.1 Å². The van der Waals surface area contributed by atoms with Crippen molar-refractivity contribution in [1.82, 2.24) is 25.2 Å². The molecule has 0 unspecified atom stereocenters. The fraction of sp³-hybridized carbons (Fsp3) is 0.545. The number of quaternary nitrogens is 1. The zero-order chi connectivity index (χ0) is 20.0. The van der Waals surface area contributed by atoms with Gasteiger partial charge in [-0.25, -0.2) is 4.68 Å². The van der Waals surface area contributed by atoms with Gasteiger partial charge in [-0.2, -0.15) is 0 Å². The molecule has 5 rings (SSSR count). The van der Waals surface area contributed by atoms with E-state index in [1.807, 2.05) is 11.6 Å². The summed E-state index contributed by atoms with van der Waals surface area (Å²) in [6.07, 6.45) is 7.04. The fourth-order valence-corrected chi connectivity index (χ4v) is 5.26. The number of nitrogens with one attached hydrogen (secondary N) is 2. The third-order valence-corrected chi connectivity index (χ3v) is 6.88. The highest BCUT2D eigenvalue weighted by atomic mass is 16.1. The smallest absolute Gasteiger partial charge is 0.258 e. The van der Waals surface area contributed by atoms with E-state index in [2.05, 4.69) is 45.6 Å². The number of aromatic nitrogens is 5. The quantitative estimate of drug-likeness (QED) is 0.711. The number of pyridine rings is 1. The van der Waals surface area contributed by atoms with E-state index in [1.54, 1.807) is 0 Å². The molecular weight excluding hydrogens is 364 g/mol. The molecular formula is C22H29N6O+. The predicted molar refractivity (Wildman–Crippen MR) is 111 cm³/mol. The van der Waals surface area contributed by atoms with Crippen LogP contribution in [-0.2, 0) is 0 Å². The van der Waals surface area contributed by atoms with Gasteiger partial charge in [0.25, 0.3) is 5.56 Å². The zero-order valence-corrected chi connectivity index (χ0v) is 17.2. The Morgan fingerprint density at radius 2 is 1.83 bits per heavy atom. The zero-order valence-electron chi connectivity index (χ0n) is 17.2. The van der Waals surface area contributed by atoms with Gasteiger partial charge in [0.2, 0.25) is 5.82 Å². The number of likely N-dealkylation sites (tertiary alicyclic amines) is 1. The maximum absolute atomic E-state index is 13.3. The number of H-pyrrole nitrogens is 1. The molecule has 3 heterocycles. The van der Waals surface area contributed by atoms with Crippen molar-refractivity contribution in [2.75, 3.05) is 13.1 Å². The van der Waals surface area contributed by atoms with Crippen molar-refractivity contribution in [3.8, 4) is 0 Å². The minimum Gasteiger partial charge on any atom is -0.322 e. The molecule has 3 aromatic rings. The van der Waals surface area contributed by atoms with Crippen LogP contribution in [0.5, 0.6) is 0 Å². The van der Waals surface area contributed by atoms with Crippen LogP contribution in [0.4, 0.5) is 0 Å². The van der Waals surface area contributed by atoms with Crippen LogP contribution in [0, 0.1) is 13.8 Å². The van der Waals surface area contributed by atoms with Crippen LogP contribution in [0.15, 0.2) is 23.0 Å². The van der Waals surface area contributed by atoms with E-state index < -0.39 is 0 Å². The average Bonchev–Trinajstić information content (AvgIpc) is 3.47. The highest BCUT2D eigenvalue weighted by Gasteiger charge is 2.37. The monoisotopic (exact) mass is 393 g/mol. The molecule has 2 aliphatic rings. The van der Waals surface area contributed by atoms with Gasteiger partial charge in [-0.3, -0.25) is 4.79 Å². The molecule has 1 aromatic carbocycles. The van der Waals surface area contributed by atoms with Crippen LogP contribution >= 0.6 is 0 Å². The third kappa shape index (κ3) is 3.17. The number of fused-ring (bicyclic) bond motifs is 1. The number of aromatic amines is 1. The number of nitrogens with zero attached hydrogens (tertiary/aromatic N) is 4. The Bertz CT molecular complexity index is 1090. The first-order chi connectivity index (χ1) is 14.1. The van der Waals surface area contributed by atoms with Crippen molar-refractivity contribution >= 4 is 10.9 Å². The standard InChI is InChI=1S/C22H28N6O/c1-14-9-10-15(2)19-17(14)13-18(22(29)23-19)20(27-11-5-6-12-27)21-24-25-26-28(21)16-7-3-4-8-16/h9-10,13,16,20H,3-8,11-12H2,1-2H3,(H,23,29)/p+1/t20-/m0/s1. The molecule has 152 valence electrons. The molecule has 0 bridgehead atoms. The summed E-state index contributed by atoms with van der Waals surface area (Å²) in [4.78, 5) is 17.8. The molecule has 1 aliphatic carbocycles. The predicted octanol–water partition coefficient (Wildman–Crippen LogP) is 2.01. The summed E-state index contributed by atoms with van der Waals surface area (Å²) in [5.41, 5.74) is 3.97. The van der Waals surface area contributed by atoms with Gasteiger partial charge >= 0.3 is 0 Å². The minimum absolute atomic E-state index is 0.0171. The number of hydrogen-bond donors (Lipinski definition) is 2. The summed E-state index contributed by atoms with van der Waals surface area (Å²) < 4.78 is 2.02. The fourth-order valence-electron chi connectivity index (χ4n) is 5.26. The van der Waals surface area contributed by atoms with Gasteiger partial charge in [-0.05, 0) is 54.3 Å². The third-order valence-electron chi connectivity index (χ3n) is 6.88. The summed E-state index contributed by atoms with van der Waals surface area (Å²) in [5.74, 6) is 0.851. The lowest BCUT2D eigenvalue weighted by molar-refractivity contribution is -0.914. The van der Waals surface area contributed by atoms with Crippen molar-refractivity contribution in [2.45, 2.75) is 64.5 Å². The van der Waals surface area contributed by atoms with Crippen LogP contribution in [0.3, 0.4) is 0 Å². The van der Waals surface area contributed by atoms with Gasteiger partial charge in [-0.1, -0.05) is 25.0 Å². The van der Waals surface area contributed by atoms with Crippen molar-refractivity contribution in [2.24, 2.45) is 0 Å². The first-order valence-electron chi connectivity index (χ1n) is 10.9. The summed E-state index contributed by atoms with van der Waals surface area (Å²) in [6.45, 7) is 6.24. The Morgan fingerprint density at radius 1 is 1.10 bits per heavy atom. The molecule has 1 saturated heterocycles. The first kappa shape index (κ1) is 18.5. The van der Waals surface area contributed by atoms with E-state index in [0.29, 0.717) is 6.04 Å². The number of hydrogen-bond acceptors (Lipinski definition) is 4. The Labute approximate surface area is 170 Å². The van der Waals surface area contributed by atoms with Crippen LogP contribution in [0.2, 0.25) is 0 Å². The van der Waals surface area contributed by atoms with Gasteiger partial charge in [0.1, 0.15) is 0 Å². The number of aryl methyl sites for hydroxylation is 2. The first-order valence-corrected chi connectivity index (χ1v) is 10.9. The molecule has 0 spiro atoms. The second-order valence-electron chi connectivity index (χ2n) is 8.76. The number of benzene rings is 1. The highest BCUT2D eigenvalue weighted by molar-refractivity contribution is 5.85. The lowest BCUT2D eigenvalue weighted by Crippen LogP contribution is -3.10. The average molecular weight is 394 g/mol. The normalized spacial score (nSPS) is 19.4. The topological polar surface area (TPSA) is 80.9 Å². The van der Waals surface area contributed by atoms with Gasteiger partial charge in [0, 0.05) is 18.2 Å². The minimum atomic E-state index is -0.124. The van der Waals surface area contributed by atoms with Crippen LogP contribution in [0.25, 0.3) is 10.9 Å². The Balaban J connectivity index is 1.69. The maximum atomic E-state index is 13.3. The van der Waals surface area contributed by atoms with Gasteiger partial charge < -0.3 is 9.88 Å². The molecule has 29 heavy (non-hydrogen) atoms. The molecule has 2 fully saturated rings. The second kappa shape index (κ2) is 7.37. The van der Waals surface area contributed by atoms with Gasteiger partial charge in [0.15, 0.2) is 6.04 Å². The van der Waals surface area contributed by atoms with E-state index in [0.717, 1.165) is 53.8 Å². The summed E-state index contributed by atoms with van der Waals surface area (Å²) >= 11 is 0. The Hall–Kier alpha value is -2.54. The van der Waals surface area contributed by atoms with Crippen molar-refractivity contribution in [3.63, 3.8) is 0 Å². The molecule has 7 heteroatoms. The van der Waals surface area contributed by atoms with E-state index >= 15 is 0 Å². The molecule has 7 nitrogen and oxygen atoms in total. The van der Waals surface area contributed by atoms with Crippen LogP contribution < -0.4 is 10.5 Å². The van der Waals surface area contributed by atoms with Crippen molar-refractivity contribution in [3.05, 3.63) is 51.1 Å². The summed E-state index contributed by atoms with van der Waals surface area (Å²) in [5, 5.41) is 14.0. The number of tetrazole rings is 1. The van der Waals surface area contributed by atoms with Gasteiger partial charge in [0.05, 0.1) is 30.2 Å². The second-order valence-corrected chi connectivity index (χ2v) is 8.76. The lowest BCUT2D eigenvalue weighted by Gasteiger charge is -2.25. The Morgan fingerprint density at radius 3 is 2.59 bits per heavy atom. The molecule has 1 atom stereocenters. The van der Waals surface area contributed by atoms with E-state index in [4.69, 9.17) is 0 Å². The largest absolute Gasteiger partial charge is 0.322 e. The van der Waals surface area contributed by atoms with Crippen LogP contribution in [-0.4, -0.2) is 38.3 Å². The maximum Gasteiger partial charge on any atom is 0.258 e. The SMILES string of the molecule is Cc1ccc(C)c2[nH]c(=O)c([C@@H](c3nnnn3C3CCCC3)[NH+]3CCCC3)cc12. The molecule has 2 N–H and O–H groups in total. The molecule has 0 amide bonds. The molecule has 2 aromatic heterocycles. The number of rotatable bonds is 4. The molecule has 1 saturated carbocycles. The van der Waals surface area contributed by atoms with E-state index in [9.17, 15) is 4.79 Å². The van der Waals surface area contributed by atoms with Crippen molar-refractivity contribution < 1.29 is 4.90 Å². The van der Waals surface area contributed by atoms with E-state index in [-0.39, 0.29) is 11.6 Å². The van der Waals surface area contributed by atoms with E-state index in [1.165, 1.54) is 36.1 Å². The molecule has 1 aliphatic heterocycles. The lowest BCUT2D eigenvalue weighted by atomic mass is 9.99.